The molecule has 0 aliphatic heterocycles. The van der Waals surface area contributed by atoms with Crippen molar-refractivity contribution in [1.29, 1.82) is 0 Å². The Kier molecular flexibility index (Phi) is 43.2. The van der Waals surface area contributed by atoms with Crippen molar-refractivity contribution in [2.24, 2.45) is 0 Å². The Balaban J connectivity index is -0.00000133. The summed E-state index contributed by atoms with van der Waals surface area (Å²) in [5.41, 5.74) is 0. The van der Waals surface area contributed by atoms with Crippen LogP contribution >= 0.6 is 47.0 Å². The van der Waals surface area contributed by atoms with Gasteiger partial charge in [-0.2, -0.15) is 47.0 Å². The molecule has 0 amide bonds. The predicted molar refractivity (Wildman–Crippen MR) is 171 cm³/mol. The van der Waals surface area contributed by atoms with Crippen LogP contribution in [0.15, 0.2) is 0 Å². The van der Waals surface area contributed by atoms with Crippen molar-refractivity contribution in [2.75, 3.05) is 69.0 Å². The van der Waals surface area contributed by atoms with E-state index in [-0.39, 0.29) is 144 Å². The topological polar surface area (TPSA) is 229 Å². The summed E-state index contributed by atoms with van der Waals surface area (Å²) in [7, 11) is -19.0. The monoisotopic (exact) mass is 848 g/mol. The zero-order valence-corrected chi connectivity index (χ0v) is 42.3. The van der Waals surface area contributed by atoms with E-state index in [0.717, 1.165) is 47.2 Å². The largest absolute Gasteiger partial charge is 1.00 e. The summed E-state index contributed by atoms with van der Waals surface area (Å²) in [6.07, 6.45) is 1.06. The summed E-state index contributed by atoms with van der Waals surface area (Å²) >= 11 is 6.31. The fourth-order valence-electron chi connectivity index (χ4n) is 3.66. The molecule has 0 aromatic heterocycles. The van der Waals surface area contributed by atoms with Gasteiger partial charge in [0.2, 0.25) is 0 Å². The van der Waals surface area contributed by atoms with E-state index in [1.807, 2.05) is 0 Å². The van der Waals surface area contributed by atoms with Crippen molar-refractivity contribution >= 4 is 95.6 Å². The minimum atomic E-state index is -4.26. The zero-order chi connectivity index (χ0) is 31.5. The van der Waals surface area contributed by atoms with Crippen molar-refractivity contribution < 1.29 is 170 Å². The normalized spacial score (nSPS) is 12.4. The van der Waals surface area contributed by atoms with Crippen molar-refractivity contribution in [3.63, 3.8) is 0 Å². The minimum absolute atomic E-state index is 0. The summed E-state index contributed by atoms with van der Waals surface area (Å²) in [5.74, 6) is 3.53. The van der Waals surface area contributed by atoms with Crippen molar-refractivity contribution in [1.82, 2.24) is 0 Å². The van der Waals surface area contributed by atoms with Crippen molar-refractivity contribution in [2.45, 2.75) is 49.9 Å². The Morgan fingerprint density at radius 3 is 0.689 bits per heavy atom. The van der Waals surface area contributed by atoms with E-state index in [2.05, 4.69) is 0 Å². The molecule has 25 heteroatoms. The van der Waals surface area contributed by atoms with Gasteiger partial charge in [0.1, 0.15) is 0 Å². The molecule has 0 saturated heterocycles. The van der Waals surface area contributed by atoms with Crippen molar-refractivity contribution in [3.8, 4) is 0 Å². The molecule has 45 heavy (non-hydrogen) atoms. The van der Waals surface area contributed by atoms with Crippen LogP contribution in [-0.2, 0) is 40.5 Å². The Morgan fingerprint density at radius 1 is 0.356 bits per heavy atom. The first-order valence-electron chi connectivity index (χ1n) is 12.9. The molecule has 0 N–H and O–H groups in total. The van der Waals surface area contributed by atoms with E-state index < -0.39 is 71.6 Å². The van der Waals surface area contributed by atoms with Crippen LogP contribution in [-0.4, -0.2) is 129 Å². The van der Waals surface area contributed by atoms with Gasteiger partial charge in [-0.15, -0.1) is 0 Å². The molecule has 0 bridgehead atoms. The van der Waals surface area contributed by atoms with Gasteiger partial charge in [-0.3, -0.25) is 0 Å². The Morgan fingerprint density at radius 2 is 0.533 bits per heavy atom. The number of thioether (sulfide) groups is 4. The van der Waals surface area contributed by atoms with Gasteiger partial charge in [-0.25, -0.2) is 33.7 Å². The first-order valence-corrected chi connectivity index (χ1v) is 26.6. The third-order valence-corrected chi connectivity index (χ3v) is 20.0. The molecule has 12 nitrogen and oxygen atoms in total. The van der Waals surface area contributed by atoms with Gasteiger partial charge < -0.3 is 18.2 Å². The molecule has 0 spiro atoms. The summed E-state index contributed by atoms with van der Waals surface area (Å²) in [4.78, 5) is 0. The van der Waals surface area contributed by atoms with Crippen LogP contribution in [0.5, 0.6) is 0 Å². The second-order valence-corrected chi connectivity index (χ2v) is 25.4. The van der Waals surface area contributed by atoms with Gasteiger partial charge >= 0.3 is 118 Å². The molecule has 0 heterocycles. The molecule has 0 aliphatic rings. The molecule has 0 aromatic carbocycles. The molecule has 0 fully saturated rings. The fourth-order valence-corrected chi connectivity index (χ4v) is 19.3. The predicted octanol–water partition coefficient (Wildman–Crippen LogP) is -9.87. The summed E-state index contributed by atoms with van der Waals surface area (Å²) in [6, 6.07) is 3.62. The quantitative estimate of drug-likeness (QED) is 0.0405. The molecule has 0 saturated carbocycles. The van der Waals surface area contributed by atoms with E-state index in [1.54, 1.807) is 47.0 Å². The van der Waals surface area contributed by atoms with Crippen LogP contribution in [0, 0.1) is 0 Å². The van der Waals surface area contributed by atoms with Crippen LogP contribution < -0.4 is 118 Å². The first kappa shape index (κ1) is 59.5. The molecule has 0 aromatic rings. The van der Waals surface area contributed by atoms with Crippen LogP contribution in [0.1, 0.15) is 25.7 Å². The van der Waals surface area contributed by atoms with Gasteiger partial charge in [0, 0.05) is 23.0 Å². The number of rotatable bonds is 28. The van der Waals surface area contributed by atoms with E-state index in [1.165, 1.54) is 0 Å². The minimum Gasteiger partial charge on any atom is -0.748 e. The fraction of sp³-hybridized carbons (Fsp3) is 1.00. The molecular formula is C20H40Na4O12S8Si. The van der Waals surface area contributed by atoms with Gasteiger partial charge in [0.25, 0.3) is 0 Å². The van der Waals surface area contributed by atoms with Crippen LogP contribution in [0.25, 0.3) is 0 Å². The zero-order valence-electron chi connectivity index (χ0n) is 26.8. The Labute approximate surface area is 378 Å². The smallest absolute Gasteiger partial charge is 0.748 e. The van der Waals surface area contributed by atoms with Crippen LogP contribution in [0.4, 0.5) is 0 Å². The average Bonchev–Trinajstić information content (AvgIpc) is 2.80. The van der Waals surface area contributed by atoms with Gasteiger partial charge in [0.15, 0.2) is 0 Å². The molecule has 0 rings (SSSR count). The standard InChI is InChI=1S/C20H44O12S8Si.4Na/c21-37(22,23)13-1-5-33-9-17-41(18-10-34-6-2-14-38(24,25)26,19-11-35-7-3-15-39(27,28)29)20-12-36-8-4-16-40(30,31)32;;;;/h1-20H2,(H,21,22,23)(H,24,25,26)(H,27,28,29)(H,30,31,32);;;;/q;4*+1/p-4. The number of hydrogen-bond acceptors (Lipinski definition) is 16. The van der Waals surface area contributed by atoms with Gasteiger partial charge in [0.05, 0.1) is 48.5 Å². The SMILES string of the molecule is O=S(=O)([O-])CCCSCC[Si](CCSCCCS(=O)(=O)[O-])(CCSCCCS(=O)(=O)[O-])CCSCCCS(=O)(=O)[O-].[Na+].[Na+].[Na+].[Na+]. The summed E-state index contributed by atoms with van der Waals surface area (Å²) < 4.78 is 130. The second kappa shape index (κ2) is 32.7. The first-order chi connectivity index (χ1) is 18.8. The molecule has 0 aliphatic carbocycles. The second-order valence-electron chi connectivity index (χ2n) is 9.41. The molecule has 0 radical (unpaired) electrons. The van der Waals surface area contributed by atoms with E-state index >= 15 is 0 Å². The third kappa shape index (κ3) is 45.3. The maximum atomic E-state index is 10.9. The number of hydrogen-bond donors (Lipinski definition) is 0. The van der Waals surface area contributed by atoms with Crippen LogP contribution in [0.2, 0.25) is 24.2 Å². The summed E-state index contributed by atoms with van der Waals surface area (Å²) in [5, 5.41) is 0. The molecular weight excluding hydrogens is 809 g/mol. The average molecular weight is 849 g/mol. The Hall–Kier alpha value is 5.26. The van der Waals surface area contributed by atoms with Gasteiger partial charge in [-0.05, 0) is 95.9 Å². The van der Waals surface area contributed by atoms with E-state index in [0.29, 0.717) is 23.0 Å². The summed E-state index contributed by atoms with van der Waals surface area (Å²) in [6.45, 7) is 0. The molecule has 0 atom stereocenters. The van der Waals surface area contributed by atoms with Crippen LogP contribution in [0.3, 0.4) is 0 Å². The van der Waals surface area contributed by atoms with Crippen molar-refractivity contribution in [3.05, 3.63) is 0 Å². The third-order valence-electron chi connectivity index (χ3n) is 5.84. The molecule has 0 unspecified atom stereocenters. The van der Waals surface area contributed by atoms with Gasteiger partial charge in [-0.1, -0.05) is 0 Å². The van der Waals surface area contributed by atoms with E-state index in [4.69, 9.17) is 0 Å². The Bertz CT molecular complexity index is 967. The maximum absolute atomic E-state index is 10.9. The molecule has 248 valence electrons. The maximum Gasteiger partial charge on any atom is 1.00 e. The van der Waals surface area contributed by atoms with E-state index in [9.17, 15) is 51.9 Å².